The fraction of sp³-hybridized carbons (Fsp3) is 0.368. The molecule has 0 saturated heterocycles. The molecule has 1 amide bonds. The Bertz CT molecular complexity index is 703. The fourth-order valence-electron chi connectivity index (χ4n) is 3.00. The van der Waals surface area contributed by atoms with Crippen molar-refractivity contribution in [2.45, 2.75) is 38.8 Å². The summed E-state index contributed by atoms with van der Waals surface area (Å²) in [7, 11) is 0. The van der Waals surface area contributed by atoms with Crippen molar-refractivity contribution in [3.63, 3.8) is 0 Å². The lowest BCUT2D eigenvalue weighted by Crippen LogP contribution is -2.36. The van der Waals surface area contributed by atoms with Crippen molar-refractivity contribution in [2.24, 2.45) is 5.92 Å². The fourth-order valence-corrected chi connectivity index (χ4v) is 3.00. The molecule has 0 radical (unpaired) electrons. The first-order valence-corrected chi connectivity index (χ1v) is 8.26. The van der Waals surface area contributed by atoms with E-state index in [0.717, 1.165) is 24.8 Å². The number of nitrogens with one attached hydrogen (secondary N) is 1. The van der Waals surface area contributed by atoms with Crippen molar-refractivity contribution >= 4 is 5.91 Å². The Morgan fingerprint density at radius 3 is 2.88 bits per heavy atom. The summed E-state index contributed by atoms with van der Waals surface area (Å²) in [6.07, 6.45) is 4.87. The zero-order valence-electron chi connectivity index (χ0n) is 13.7. The second-order valence-corrected chi connectivity index (χ2v) is 6.29. The number of halogens is 1. The first-order valence-electron chi connectivity index (χ1n) is 8.26. The lowest BCUT2D eigenvalue weighted by Gasteiger charge is -2.17. The van der Waals surface area contributed by atoms with Crippen LogP contribution in [0.2, 0.25) is 0 Å². The summed E-state index contributed by atoms with van der Waals surface area (Å²) in [5, 5.41) is 3.07. The number of carbonyl (C=O) groups excluding carboxylic acids is 1. The first kappa shape index (κ1) is 16.4. The van der Waals surface area contributed by atoms with Crippen LogP contribution in [-0.4, -0.2) is 16.9 Å². The van der Waals surface area contributed by atoms with Gasteiger partial charge in [0.1, 0.15) is 12.4 Å². The molecule has 2 aromatic rings. The minimum Gasteiger partial charge on any atom is -0.473 e. The maximum Gasteiger partial charge on any atom is 0.253 e. The summed E-state index contributed by atoms with van der Waals surface area (Å²) in [5.41, 5.74) is 1.25. The number of ether oxygens (including phenoxy) is 1. The summed E-state index contributed by atoms with van der Waals surface area (Å²) in [5.74, 6) is 0.538. The number of benzene rings is 1. The van der Waals surface area contributed by atoms with Gasteiger partial charge in [0.2, 0.25) is 5.88 Å². The summed E-state index contributed by atoms with van der Waals surface area (Å²) in [4.78, 5) is 16.4. The highest BCUT2D eigenvalue weighted by molar-refractivity contribution is 5.94. The van der Waals surface area contributed by atoms with Crippen molar-refractivity contribution in [1.82, 2.24) is 10.3 Å². The molecular formula is C19H21FN2O2. The highest BCUT2D eigenvalue weighted by atomic mass is 19.1. The molecule has 1 aliphatic carbocycles. The smallest absolute Gasteiger partial charge is 0.253 e. The second-order valence-electron chi connectivity index (χ2n) is 6.29. The second kappa shape index (κ2) is 7.43. The number of hydrogen-bond acceptors (Lipinski definition) is 3. The first-order chi connectivity index (χ1) is 11.6. The highest BCUT2D eigenvalue weighted by Crippen LogP contribution is 2.25. The SMILES string of the molecule is CC1CCCC1NC(=O)c1ccc(OCc2cccc(F)c2)nc1. The van der Waals surface area contributed by atoms with E-state index in [1.807, 2.05) is 0 Å². The highest BCUT2D eigenvalue weighted by Gasteiger charge is 2.25. The van der Waals surface area contributed by atoms with Crippen LogP contribution in [0, 0.1) is 11.7 Å². The largest absolute Gasteiger partial charge is 0.473 e. The maximum absolute atomic E-state index is 13.1. The molecule has 1 N–H and O–H groups in total. The van der Waals surface area contributed by atoms with Gasteiger partial charge in [0.25, 0.3) is 5.91 Å². The molecule has 0 aliphatic heterocycles. The third kappa shape index (κ3) is 4.10. The Hall–Kier alpha value is -2.43. The third-order valence-electron chi connectivity index (χ3n) is 4.45. The van der Waals surface area contributed by atoms with Gasteiger partial charge in [-0.05, 0) is 42.5 Å². The van der Waals surface area contributed by atoms with Crippen LogP contribution in [0.25, 0.3) is 0 Å². The van der Waals surface area contributed by atoms with Crippen LogP contribution in [-0.2, 0) is 6.61 Å². The van der Waals surface area contributed by atoms with Crippen molar-refractivity contribution < 1.29 is 13.9 Å². The monoisotopic (exact) mass is 328 g/mol. The van der Waals surface area contributed by atoms with E-state index in [9.17, 15) is 9.18 Å². The molecule has 24 heavy (non-hydrogen) atoms. The number of carbonyl (C=O) groups is 1. The van der Waals surface area contributed by atoms with Crippen LogP contribution in [0.3, 0.4) is 0 Å². The van der Waals surface area contributed by atoms with Gasteiger partial charge in [-0.1, -0.05) is 25.5 Å². The molecule has 3 rings (SSSR count). The van der Waals surface area contributed by atoms with E-state index in [4.69, 9.17) is 4.74 Å². The van der Waals surface area contributed by atoms with E-state index in [2.05, 4.69) is 17.2 Å². The minimum absolute atomic E-state index is 0.0991. The molecule has 0 bridgehead atoms. The molecule has 4 nitrogen and oxygen atoms in total. The number of pyridine rings is 1. The summed E-state index contributed by atoms with van der Waals surface area (Å²) < 4.78 is 18.6. The summed E-state index contributed by atoms with van der Waals surface area (Å²) in [6, 6.07) is 9.84. The van der Waals surface area contributed by atoms with Crippen LogP contribution in [0.1, 0.15) is 42.1 Å². The molecule has 1 aromatic carbocycles. The lowest BCUT2D eigenvalue weighted by molar-refractivity contribution is 0.0929. The average molecular weight is 328 g/mol. The van der Waals surface area contributed by atoms with Crippen molar-refractivity contribution in [3.05, 3.63) is 59.5 Å². The van der Waals surface area contributed by atoms with E-state index in [1.54, 1.807) is 24.3 Å². The van der Waals surface area contributed by atoms with Gasteiger partial charge in [-0.15, -0.1) is 0 Å². The van der Waals surface area contributed by atoms with Crippen molar-refractivity contribution in [2.75, 3.05) is 0 Å². The van der Waals surface area contributed by atoms with E-state index in [1.165, 1.54) is 18.3 Å². The molecule has 1 fully saturated rings. The Balaban J connectivity index is 1.55. The normalized spacial score (nSPS) is 19.9. The van der Waals surface area contributed by atoms with E-state index < -0.39 is 0 Å². The maximum atomic E-state index is 13.1. The van der Waals surface area contributed by atoms with Crippen LogP contribution in [0.4, 0.5) is 4.39 Å². The van der Waals surface area contributed by atoms with Gasteiger partial charge < -0.3 is 10.1 Å². The predicted molar refractivity (Wildman–Crippen MR) is 89.2 cm³/mol. The number of aromatic nitrogens is 1. The standard InChI is InChI=1S/C19H21FN2O2/c1-13-4-2-7-17(13)22-19(23)15-8-9-18(21-11-15)24-12-14-5-3-6-16(20)10-14/h3,5-6,8-11,13,17H,2,4,7,12H2,1H3,(H,22,23). The zero-order chi connectivity index (χ0) is 16.9. The number of hydrogen-bond donors (Lipinski definition) is 1. The van der Waals surface area contributed by atoms with Crippen LogP contribution in [0.5, 0.6) is 5.88 Å². The Kier molecular flexibility index (Phi) is 5.08. The van der Waals surface area contributed by atoms with Gasteiger partial charge in [0.05, 0.1) is 5.56 Å². The number of amides is 1. The Labute approximate surface area is 141 Å². The molecule has 1 heterocycles. The van der Waals surface area contributed by atoms with Crippen LogP contribution >= 0.6 is 0 Å². The molecule has 1 aromatic heterocycles. The van der Waals surface area contributed by atoms with Gasteiger partial charge in [0, 0.05) is 18.3 Å². The molecule has 2 unspecified atom stereocenters. The summed E-state index contributed by atoms with van der Waals surface area (Å²) >= 11 is 0. The van der Waals surface area contributed by atoms with Crippen LogP contribution in [0.15, 0.2) is 42.6 Å². The van der Waals surface area contributed by atoms with Crippen molar-refractivity contribution in [1.29, 1.82) is 0 Å². The topological polar surface area (TPSA) is 51.2 Å². The molecule has 1 saturated carbocycles. The number of rotatable bonds is 5. The molecule has 1 aliphatic rings. The molecule has 126 valence electrons. The average Bonchev–Trinajstić information content (AvgIpc) is 2.98. The Morgan fingerprint density at radius 2 is 2.21 bits per heavy atom. The summed E-state index contributed by atoms with van der Waals surface area (Å²) in [6.45, 7) is 2.40. The van der Waals surface area contributed by atoms with Crippen LogP contribution < -0.4 is 10.1 Å². The van der Waals surface area contributed by atoms with E-state index in [-0.39, 0.29) is 24.4 Å². The minimum atomic E-state index is -0.294. The Morgan fingerprint density at radius 1 is 1.33 bits per heavy atom. The molecular weight excluding hydrogens is 307 g/mol. The molecule has 0 spiro atoms. The van der Waals surface area contributed by atoms with Gasteiger partial charge in [-0.3, -0.25) is 4.79 Å². The zero-order valence-corrected chi connectivity index (χ0v) is 13.7. The van der Waals surface area contributed by atoms with Gasteiger partial charge in [0.15, 0.2) is 0 Å². The van der Waals surface area contributed by atoms with Crippen molar-refractivity contribution in [3.8, 4) is 5.88 Å². The quantitative estimate of drug-likeness (QED) is 0.910. The molecule has 5 heteroatoms. The predicted octanol–water partition coefficient (Wildman–Crippen LogP) is 3.72. The van der Waals surface area contributed by atoms with E-state index in [0.29, 0.717) is 17.4 Å². The van der Waals surface area contributed by atoms with Gasteiger partial charge in [-0.2, -0.15) is 0 Å². The number of nitrogens with zero attached hydrogens (tertiary/aromatic N) is 1. The lowest BCUT2D eigenvalue weighted by atomic mass is 10.1. The van der Waals surface area contributed by atoms with Gasteiger partial charge in [-0.25, -0.2) is 9.37 Å². The molecule has 2 atom stereocenters. The van der Waals surface area contributed by atoms with E-state index >= 15 is 0 Å². The van der Waals surface area contributed by atoms with Gasteiger partial charge >= 0.3 is 0 Å². The third-order valence-corrected chi connectivity index (χ3v) is 4.45.